The highest BCUT2D eigenvalue weighted by Crippen LogP contribution is 2.35. The highest BCUT2D eigenvalue weighted by molar-refractivity contribution is 5.92. The molecule has 1 saturated carbocycles. The molecule has 0 N–H and O–H groups in total. The average Bonchev–Trinajstić information content (AvgIpc) is 3.15. The summed E-state index contributed by atoms with van der Waals surface area (Å²) in [6, 6.07) is 8.99. The average molecular weight is 349 g/mol. The van der Waals surface area contributed by atoms with E-state index in [0.717, 1.165) is 31.6 Å². The zero-order valence-electron chi connectivity index (χ0n) is 14.1. The highest BCUT2D eigenvalue weighted by atomic mass is 19.4. The van der Waals surface area contributed by atoms with E-state index in [1.165, 1.54) is 31.7 Å². The number of hydrogen-bond donors (Lipinski definition) is 0. The van der Waals surface area contributed by atoms with E-state index >= 15 is 0 Å². The molecule has 0 atom stereocenters. The van der Waals surface area contributed by atoms with E-state index in [2.05, 4.69) is 14.8 Å². The minimum absolute atomic E-state index is 0.408. The molecule has 25 heavy (non-hydrogen) atoms. The SMILES string of the molecule is FC(F)(F)c1cc(N2CCN(C3CCCC3)CC2)c2ccccc2n1. The lowest BCUT2D eigenvalue weighted by Gasteiger charge is -2.39. The Hall–Kier alpha value is -1.82. The van der Waals surface area contributed by atoms with E-state index in [-0.39, 0.29) is 0 Å². The van der Waals surface area contributed by atoms with Crippen molar-refractivity contribution in [1.82, 2.24) is 9.88 Å². The van der Waals surface area contributed by atoms with Crippen LogP contribution in [-0.4, -0.2) is 42.1 Å². The molecule has 1 aromatic heterocycles. The smallest absolute Gasteiger partial charge is 0.368 e. The minimum atomic E-state index is -4.43. The van der Waals surface area contributed by atoms with Gasteiger partial charge in [0.2, 0.25) is 0 Å². The molecule has 2 aliphatic rings. The molecule has 0 bridgehead atoms. The van der Waals surface area contributed by atoms with Gasteiger partial charge < -0.3 is 4.90 Å². The summed E-state index contributed by atoms with van der Waals surface area (Å²) < 4.78 is 39.7. The van der Waals surface area contributed by atoms with Gasteiger partial charge >= 0.3 is 6.18 Å². The number of benzene rings is 1. The lowest BCUT2D eigenvalue weighted by atomic mass is 10.1. The Labute approximate surface area is 145 Å². The Morgan fingerprint density at radius 1 is 0.960 bits per heavy atom. The van der Waals surface area contributed by atoms with Crippen LogP contribution >= 0.6 is 0 Å². The summed E-state index contributed by atoms with van der Waals surface area (Å²) in [6.45, 7) is 3.37. The summed E-state index contributed by atoms with van der Waals surface area (Å²) in [6.07, 6.45) is 0.695. The van der Waals surface area contributed by atoms with Crippen LogP contribution in [0.25, 0.3) is 10.9 Å². The summed E-state index contributed by atoms with van der Waals surface area (Å²) in [7, 11) is 0. The zero-order chi connectivity index (χ0) is 17.4. The standard InChI is InChI=1S/C19H22F3N3/c20-19(21,22)18-13-17(15-7-3-4-8-16(15)23-18)25-11-9-24(10-12-25)14-5-1-2-6-14/h3-4,7-8,13-14H,1-2,5-6,9-12H2. The number of rotatable bonds is 2. The van der Waals surface area contributed by atoms with Gasteiger partial charge in [0.15, 0.2) is 0 Å². The van der Waals surface area contributed by atoms with Crippen LogP contribution in [0.15, 0.2) is 30.3 Å². The van der Waals surface area contributed by atoms with Crippen LogP contribution in [0.2, 0.25) is 0 Å². The monoisotopic (exact) mass is 349 g/mol. The lowest BCUT2D eigenvalue weighted by molar-refractivity contribution is -0.140. The fraction of sp³-hybridized carbons (Fsp3) is 0.526. The van der Waals surface area contributed by atoms with E-state index in [9.17, 15) is 13.2 Å². The van der Waals surface area contributed by atoms with Crippen molar-refractivity contribution in [3.05, 3.63) is 36.0 Å². The molecule has 1 aromatic carbocycles. The van der Waals surface area contributed by atoms with Crippen LogP contribution in [0.1, 0.15) is 31.4 Å². The number of alkyl halides is 3. The Kier molecular flexibility index (Phi) is 4.31. The number of pyridine rings is 1. The van der Waals surface area contributed by atoms with Crippen molar-refractivity contribution in [2.75, 3.05) is 31.1 Å². The van der Waals surface area contributed by atoms with Crippen molar-refractivity contribution >= 4 is 16.6 Å². The van der Waals surface area contributed by atoms with E-state index in [0.29, 0.717) is 17.2 Å². The number of aromatic nitrogens is 1. The molecule has 4 rings (SSSR count). The van der Waals surface area contributed by atoms with Crippen molar-refractivity contribution in [3.63, 3.8) is 0 Å². The van der Waals surface area contributed by atoms with Gasteiger partial charge in [-0.3, -0.25) is 4.90 Å². The quantitative estimate of drug-likeness (QED) is 0.805. The first-order valence-electron chi connectivity index (χ1n) is 8.98. The first-order chi connectivity index (χ1) is 12.0. The third-order valence-corrected chi connectivity index (χ3v) is 5.48. The highest BCUT2D eigenvalue weighted by Gasteiger charge is 2.34. The van der Waals surface area contributed by atoms with Crippen LogP contribution in [0, 0.1) is 0 Å². The summed E-state index contributed by atoms with van der Waals surface area (Å²) in [5.74, 6) is 0. The van der Waals surface area contributed by atoms with E-state index in [4.69, 9.17) is 0 Å². The molecule has 0 amide bonds. The van der Waals surface area contributed by atoms with Crippen LogP contribution in [0.4, 0.5) is 18.9 Å². The molecule has 2 fully saturated rings. The van der Waals surface area contributed by atoms with Gasteiger partial charge in [-0.2, -0.15) is 13.2 Å². The van der Waals surface area contributed by atoms with Crippen LogP contribution in [-0.2, 0) is 6.18 Å². The molecule has 0 unspecified atom stereocenters. The molecule has 2 heterocycles. The number of para-hydroxylation sites is 1. The minimum Gasteiger partial charge on any atom is -0.368 e. The fourth-order valence-electron chi connectivity index (χ4n) is 4.16. The molecule has 2 aromatic rings. The number of halogens is 3. The summed E-state index contributed by atoms with van der Waals surface area (Å²) in [5.41, 5.74) is 0.258. The maximum Gasteiger partial charge on any atom is 0.433 e. The molecular formula is C19H22F3N3. The molecule has 6 heteroatoms. The molecular weight excluding hydrogens is 327 g/mol. The summed E-state index contributed by atoms with van der Waals surface area (Å²) >= 11 is 0. The Morgan fingerprint density at radius 3 is 2.32 bits per heavy atom. The first-order valence-corrected chi connectivity index (χ1v) is 8.98. The van der Waals surface area contributed by atoms with Gasteiger partial charge in [-0.1, -0.05) is 31.0 Å². The first kappa shape index (κ1) is 16.6. The maximum atomic E-state index is 13.2. The second-order valence-corrected chi connectivity index (χ2v) is 7.00. The van der Waals surface area contributed by atoms with Gasteiger partial charge in [0.25, 0.3) is 0 Å². The second kappa shape index (κ2) is 6.48. The predicted molar refractivity (Wildman–Crippen MR) is 92.8 cm³/mol. The third-order valence-electron chi connectivity index (χ3n) is 5.48. The number of hydrogen-bond acceptors (Lipinski definition) is 3. The van der Waals surface area contributed by atoms with E-state index < -0.39 is 11.9 Å². The van der Waals surface area contributed by atoms with Crippen molar-refractivity contribution in [2.24, 2.45) is 0 Å². The van der Waals surface area contributed by atoms with Crippen LogP contribution in [0.5, 0.6) is 0 Å². The Bertz CT molecular complexity index is 745. The van der Waals surface area contributed by atoms with Crippen molar-refractivity contribution in [2.45, 2.75) is 37.9 Å². The van der Waals surface area contributed by atoms with E-state index in [1.54, 1.807) is 12.1 Å². The summed E-state index contributed by atoms with van der Waals surface area (Å²) in [4.78, 5) is 8.42. The normalized spacial score (nSPS) is 20.5. The van der Waals surface area contributed by atoms with Crippen molar-refractivity contribution in [1.29, 1.82) is 0 Å². The molecule has 0 spiro atoms. The Balaban J connectivity index is 1.62. The predicted octanol–water partition coefficient (Wildman–Crippen LogP) is 4.32. The van der Waals surface area contributed by atoms with Gasteiger partial charge in [0.1, 0.15) is 5.69 Å². The largest absolute Gasteiger partial charge is 0.433 e. The molecule has 1 aliphatic heterocycles. The van der Waals surface area contributed by atoms with Crippen LogP contribution < -0.4 is 4.90 Å². The second-order valence-electron chi connectivity index (χ2n) is 7.00. The maximum absolute atomic E-state index is 13.2. The Morgan fingerprint density at radius 2 is 1.64 bits per heavy atom. The van der Waals surface area contributed by atoms with Gasteiger partial charge in [0, 0.05) is 43.3 Å². The number of fused-ring (bicyclic) bond motifs is 1. The summed E-state index contributed by atoms with van der Waals surface area (Å²) in [5, 5.41) is 0.796. The van der Waals surface area contributed by atoms with Crippen LogP contribution in [0.3, 0.4) is 0 Å². The zero-order valence-corrected chi connectivity index (χ0v) is 14.1. The van der Waals surface area contributed by atoms with Gasteiger partial charge in [-0.15, -0.1) is 0 Å². The molecule has 0 radical (unpaired) electrons. The topological polar surface area (TPSA) is 19.4 Å². The molecule has 1 aliphatic carbocycles. The molecule has 134 valence electrons. The lowest BCUT2D eigenvalue weighted by Crippen LogP contribution is -2.49. The number of anilines is 1. The number of piperazine rings is 1. The van der Waals surface area contributed by atoms with Gasteiger partial charge in [-0.25, -0.2) is 4.98 Å². The van der Waals surface area contributed by atoms with E-state index in [1.807, 2.05) is 12.1 Å². The van der Waals surface area contributed by atoms with Crippen molar-refractivity contribution in [3.8, 4) is 0 Å². The molecule has 3 nitrogen and oxygen atoms in total. The van der Waals surface area contributed by atoms with Gasteiger partial charge in [0.05, 0.1) is 5.52 Å². The van der Waals surface area contributed by atoms with Gasteiger partial charge in [-0.05, 0) is 25.0 Å². The van der Waals surface area contributed by atoms with Crippen molar-refractivity contribution < 1.29 is 13.2 Å². The fourth-order valence-corrected chi connectivity index (χ4v) is 4.16. The molecule has 1 saturated heterocycles. The third kappa shape index (κ3) is 3.32. The number of nitrogens with zero attached hydrogens (tertiary/aromatic N) is 3.